The van der Waals surface area contributed by atoms with Crippen LogP contribution in [-0.2, 0) is 5.41 Å². The molecular weight excluding hydrogens is 302 g/mol. The van der Waals surface area contributed by atoms with Crippen LogP contribution in [-0.4, -0.2) is 12.5 Å². The number of amides is 1. The number of benzene rings is 2. The predicted molar refractivity (Wildman–Crippen MR) is 93.6 cm³/mol. The van der Waals surface area contributed by atoms with Crippen molar-refractivity contribution in [1.29, 1.82) is 0 Å². The number of para-hydroxylation sites is 2. The molecule has 4 rings (SSSR count). The van der Waals surface area contributed by atoms with Crippen molar-refractivity contribution in [2.75, 3.05) is 11.4 Å². The molecule has 0 spiro atoms. The van der Waals surface area contributed by atoms with E-state index in [4.69, 9.17) is 4.42 Å². The second kappa shape index (κ2) is 5.06. The van der Waals surface area contributed by atoms with Crippen LogP contribution in [0.4, 0.5) is 5.69 Å². The number of hydrogen-bond donors (Lipinski definition) is 0. The zero-order valence-corrected chi connectivity index (χ0v) is 13.6. The van der Waals surface area contributed by atoms with Gasteiger partial charge in [-0.3, -0.25) is 4.79 Å². The molecule has 2 aromatic carbocycles. The average Bonchev–Trinajstić information content (AvgIpc) is 2.85. The first-order valence-corrected chi connectivity index (χ1v) is 7.92. The smallest absolute Gasteiger partial charge is 0.349 e. The zero-order valence-electron chi connectivity index (χ0n) is 13.6. The van der Waals surface area contributed by atoms with Crippen molar-refractivity contribution >= 4 is 22.6 Å². The summed E-state index contributed by atoms with van der Waals surface area (Å²) in [5.74, 6) is -0.312. The highest BCUT2D eigenvalue weighted by Crippen LogP contribution is 2.40. The Balaban J connectivity index is 1.83. The van der Waals surface area contributed by atoms with Crippen LogP contribution in [0.3, 0.4) is 0 Å². The molecule has 0 fully saturated rings. The third kappa shape index (κ3) is 2.14. The van der Waals surface area contributed by atoms with Crippen molar-refractivity contribution in [1.82, 2.24) is 0 Å². The topological polar surface area (TPSA) is 50.5 Å². The van der Waals surface area contributed by atoms with E-state index in [0.717, 1.165) is 16.6 Å². The Hall–Kier alpha value is -2.88. The van der Waals surface area contributed by atoms with Gasteiger partial charge in [0.25, 0.3) is 5.91 Å². The molecule has 1 aromatic heterocycles. The minimum absolute atomic E-state index is 0.0706. The molecule has 2 heterocycles. The van der Waals surface area contributed by atoms with Crippen molar-refractivity contribution in [3.8, 4) is 0 Å². The normalized spacial score (nSPS) is 15.5. The first-order chi connectivity index (χ1) is 11.5. The van der Waals surface area contributed by atoms with E-state index in [-0.39, 0.29) is 16.9 Å². The molecule has 120 valence electrons. The van der Waals surface area contributed by atoms with E-state index in [9.17, 15) is 9.59 Å². The van der Waals surface area contributed by atoms with E-state index in [1.807, 2.05) is 36.4 Å². The maximum Gasteiger partial charge on any atom is 0.349 e. The minimum atomic E-state index is -0.596. The zero-order chi connectivity index (χ0) is 16.9. The molecule has 4 heteroatoms. The summed E-state index contributed by atoms with van der Waals surface area (Å²) < 4.78 is 5.31. The third-order valence-corrected chi connectivity index (χ3v) is 4.59. The minimum Gasteiger partial charge on any atom is -0.422 e. The SMILES string of the molecule is CC1(C)CN(C(=O)c2cc3ccccc3oc2=O)c2ccccc21. The average molecular weight is 319 g/mol. The van der Waals surface area contributed by atoms with E-state index < -0.39 is 5.63 Å². The lowest BCUT2D eigenvalue weighted by Gasteiger charge is -2.20. The van der Waals surface area contributed by atoms with Crippen LogP contribution in [0.15, 0.2) is 63.8 Å². The fraction of sp³-hybridized carbons (Fsp3) is 0.200. The van der Waals surface area contributed by atoms with Gasteiger partial charge in [-0.25, -0.2) is 4.79 Å². The van der Waals surface area contributed by atoms with Gasteiger partial charge >= 0.3 is 5.63 Å². The molecule has 0 radical (unpaired) electrons. The summed E-state index contributed by atoms with van der Waals surface area (Å²) in [4.78, 5) is 27.0. The van der Waals surface area contributed by atoms with E-state index in [0.29, 0.717) is 12.1 Å². The number of carbonyl (C=O) groups is 1. The highest BCUT2D eigenvalue weighted by atomic mass is 16.4. The Morgan fingerprint density at radius 1 is 1.08 bits per heavy atom. The van der Waals surface area contributed by atoms with Crippen LogP contribution in [0.25, 0.3) is 11.0 Å². The number of nitrogens with zero attached hydrogens (tertiary/aromatic N) is 1. The molecule has 0 unspecified atom stereocenters. The van der Waals surface area contributed by atoms with Gasteiger partial charge in [0.05, 0.1) is 0 Å². The summed E-state index contributed by atoms with van der Waals surface area (Å²) in [6.45, 7) is 4.74. The molecule has 0 atom stereocenters. The monoisotopic (exact) mass is 319 g/mol. The Labute approximate surface area is 139 Å². The van der Waals surface area contributed by atoms with Crippen LogP contribution in [0.1, 0.15) is 29.8 Å². The predicted octanol–water partition coefficient (Wildman–Crippen LogP) is 3.73. The molecule has 24 heavy (non-hydrogen) atoms. The number of carbonyl (C=O) groups excluding carboxylic acids is 1. The van der Waals surface area contributed by atoms with Crippen molar-refractivity contribution in [3.63, 3.8) is 0 Å². The van der Waals surface area contributed by atoms with E-state index >= 15 is 0 Å². The van der Waals surface area contributed by atoms with Crippen LogP contribution in [0, 0.1) is 0 Å². The molecule has 3 aromatic rings. The molecular formula is C20H17NO3. The standard InChI is InChI=1S/C20H17NO3/c1-20(2)12-21(16-9-5-4-8-15(16)20)18(22)14-11-13-7-3-6-10-17(13)24-19(14)23/h3-11H,12H2,1-2H3. The maximum absolute atomic E-state index is 13.0. The molecule has 0 saturated heterocycles. The molecule has 4 nitrogen and oxygen atoms in total. The molecule has 0 N–H and O–H groups in total. The summed E-state index contributed by atoms with van der Waals surface area (Å²) in [5.41, 5.74) is 1.79. The van der Waals surface area contributed by atoms with Crippen molar-refractivity contribution in [2.45, 2.75) is 19.3 Å². The summed E-state index contributed by atoms with van der Waals surface area (Å²) in [6.07, 6.45) is 0. The highest BCUT2D eigenvalue weighted by molar-refractivity contribution is 6.08. The summed E-state index contributed by atoms with van der Waals surface area (Å²) in [6, 6.07) is 16.7. The highest BCUT2D eigenvalue weighted by Gasteiger charge is 2.38. The van der Waals surface area contributed by atoms with E-state index in [2.05, 4.69) is 13.8 Å². The molecule has 0 saturated carbocycles. The van der Waals surface area contributed by atoms with Crippen molar-refractivity contribution in [2.24, 2.45) is 0 Å². The van der Waals surface area contributed by atoms with Gasteiger partial charge in [-0.15, -0.1) is 0 Å². The lowest BCUT2D eigenvalue weighted by Crippen LogP contribution is -2.36. The summed E-state index contributed by atoms with van der Waals surface area (Å²) >= 11 is 0. The molecule has 0 bridgehead atoms. The first kappa shape index (κ1) is 14.7. The maximum atomic E-state index is 13.0. The van der Waals surface area contributed by atoms with Crippen LogP contribution >= 0.6 is 0 Å². The van der Waals surface area contributed by atoms with Gasteiger partial charge in [0, 0.05) is 23.0 Å². The van der Waals surface area contributed by atoms with Crippen LogP contribution < -0.4 is 10.5 Å². The van der Waals surface area contributed by atoms with Crippen molar-refractivity contribution < 1.29 is 9.21 Å². The second-order valence-corrected chi connectivity index (χ2v) is 6.78. The Kier molecular flexibility index (Phi) is 3.10. The van der Waals surface area contributed by atoms with E-state index in [1.54, 1.807) is 23.1 Å². The van der Waals surface area contributed by atoms with Crippen LogP contribution in [0.2, 0.25) is 0 Å². The summed E-state index contributed by atoms with van der Waals surface area (Å²) in [5, 5.41) is 0.743. The number of rotatable bonds is 1. The summed E-state index contributed by atoms with van der Waals surface area (Å²) in [7, 11) is 0. The fourth-order valence-corrected chi connectivity index (χ4v) is 3.38. The Morgan fingerprint density at radius 3 is 2.62 bits per heavy atom. The van der Waals surface area contributed by atoms with Gasteiger partial charge < -0.3 is 9.32 Å². The molecule has 0 aliphatic carbocycles. The largest absolute Gasteiger partial charge is 0.422 e. The lowest BCUT2D eigenvalue weighted by molar-refractivity contribution is 0.0982. The quantitative estimate of drug-likeness (QED) is 0.642. The lowest BCUT2D eigenvalue weighted by atomic mass is 9.87. The van der Waals surface area contributed by atoms with Crippen molar-refractivity contribution in [3.05, 3.63) is 76.1 Å². The van der Waals surface area contributed by atoms with Gasteiger partial charge in [-0.05, 0) is 23.8 Å². The fourth-order valence-electron chi connectivity index (χ4n) is 3.38. The first-order valence-electron chi connectivity index (χ1n) is 7.92. The molecule has 1 aliphatic heterocycles. The number of hydrogen-bond acceptors (Lipinski definition) is 3. The van der Waals surface area contributed by atoms with E-state index in [1.165, 1.54) is 0 Å². The second-order valence-electron chi connectivity index (χ2n) is 6.78. The Morgan fingerprint density at radius 2 is 1.79 bits per heavy atom. The third-order valence-electron chi connectivity index (χ3n) is 4.59. The van der Waals surface area contributed by atoms with Gasteiger partial charge in [-0.2, -0.15) is 0 Å². The Bertz CT molecular complexity index is 1020. The van der Waals surface area contributed by atoms with Gasteiger partial charge in [0.1, 0.15) is 11.1 Å². The number of fused-ring (bicyclic) bond motifs is 2. The van der Waals surface area contributed by atoms with Gasteiger partial charge in [0.2, 0.25) is 0 Å². The number of anilines is 1. The van der Waals surface area contributed by atoms with Gasteiger partial charge in [0.15, 0.2) is 0 Å². The van der Waals surface area contributed by atoms with Gasteiger partial charge in [-0.1, -0.05) is 50.2 Å². The van der Waals surface area contributed by atoms with Crippen LogP contribution in [0.5, 0.6) is 0 Å². The molecule has 1 amide bonds. The molecule has 1 aliphatic rings.